The number of aromatic nitrogens is 2. The Labute approximate surface area is 130 Å². The molecule has 0 aliphatic carbocycles. The van der Waals surface area contributed by atoms with Gasteiger partial charge in [0.15, 0.2) is 0 Å². The van der Waals surface area contributed by atoms with E-state index in [4.69, 9.17) is 5.73 Å². The number of aliphatic hydroxyl groups excluding tert-OH is 1. The molecular weight excluding hydrogens is 274 g/mol. The molecule has 0 radical (unpaired) electrons. The number of benzene rings is 1. The van der Waals surface area contributed by atoms with Crippen LogP contribution in [0.5, 0.6) is 0 Å². The van der Waals surface area contributed by atoms with Gasteiger partial charge in [-0.3, -0.25) is 4.98 Å². The first kappa shape index (κ1) is 14.8. The predicted molar refractivity (Wildman–Crippen MR) is 88.8 cm³/mol. The summed E-state index contributed by atoms with van der Waals surface area (Å²) in [4.78, 5) is 4.61. The Balaban J connectivity index is 2.11. The van der Waals surface area contributed by atoms with Crippen molar-refractivity contribution in [1.82, 2.24) is 9.38 Å². The highest BCUT2D eigenvalue weighted by Gasteiger charge is 2.10. The molecule has 114 valence electrons. The van der Waals surface area contributed by atoms with E-state index in [1.54, 1.807) is 0 Å². The molecule has 0 saturated carbocycles. The van der Waals surface area contributed by atoms with Crippen LogP contribution in [0.1, 0.15) is 30.0 Å². The first-order valence-electron chi connectivity index (χ1n) is 7.59. The summed E-state index contributed by atoms with van der Waals surface area (Å²) >= 11 is 0. The Hall–Kier alpha value is -2.17. The zero-order chi connectivity index (χ0) is 15.7. The minimum atomic E-state index is -0.618. The summed E-state index contributed by atoms with van der Waals surface area (Å²) in [6.07, 6.45) is 4.43. The van der Waals surface area contributed by atoms with Crippen molar-refractivity contribution in [2.45, 2.75) is 26.4 Å². The molecule has 0 saturated heterocycles. The number of hydrogen-bond donors (Lipinski definition) is 2. The molecule has 0 unspecified atom stereocenters. The maximum atomic E-state index is 9.92. The van der Waals surface area contributed by atoms with Crippen LogP contribution in [-0.2, 0) is 6.42 Å². The van der Waals surface area contributed by atoms with Crippen molar-refractivity contribution >= 4 is 5.52 Å². The summed E-state index contributed by atoms with van der Waals surface area (Å²) in [6, 6.07) is 10.1. The van der Waals surface area contributed by atoms with Crippen LogP contribution in [0.3, 0.4) is 0 Å². The number of rotatable bonds is 4. The Kier molecular flexibility index (Phi) is 3.96. The first-order chi connectivity index (χ1) is 10.6. The lowest BCUT2D eigenvalue weighted by atomic mass is 10.0. The second-order valence-electron chi connectivity index (χ2n) is 5.58. The van der Waals surface area contributed by atoms with Gasteiger partial charge in [-0.2, -0.15) is 0 Å². The fraction of sp³-hybridized carbons (Fsp3) is 0.278. The normalized spacial score (nSPS) is 12.7. The summed E-state index contributed by atoms with van der Waals surface area (Å²) in [5.74, 6) is 0. The zero-order valence-electron chi connectivity index (χ0n) is 13.0. The summed E-state index contributed by atoms with van der Waals surface area (Å²) in [7, 11) is 0. The van der Waals surface area contributed by atoms with Crippen LogP contribution in [-0.4, -0.2) is 21.0 Å². The van der Waals surface area contributed by atoms with Crippen LogP contribution in [0, 0.1) is 6.92 Å². The molecule has 22 heavy (non-hydrogen) atoms. The second-order valence-corrected chi connectivity index (χ2v) is 5.58. The van der Waals surface area contributed by atoms with Crippen molar-refractivity contribution in [2.24, 2.45) is 5.73 Å². The lowest BCUT2D eigenvalue weighted by Crippen LogP contribution is -2.11. The van der Waals surface area contributed by atoms with Crippen LogP contribution in [0.2, 0.25) is 0 Å². The number of aryl methyl sites for hydroxylation is 2. The van der Waals surface area contributed by atoms with E-state index < -0.39 is 6.10 Å². The van der Waals surface area contributed by atoms with Gasteiger partial charge in [-0.1, -0.05) is 25.1 Å². The highest BCUT2D eigenvalue weighted by molar-refractivity contribution is 5.72. The number of hydrogen-bond acceptors (Lipinski definition) is 3. The highest BCUT2D eigenvalue weighted by Crippen LogP contribution is 2.26. The molecule has 0 amide bonds. The molecule has 0 bridgehead atoms. The van der Waals surface area contributed by atoms with E-state index in [1.807, 2.05) is 37.4 Å². The minimum Gasteiger partial charge on any atom is -0.387 e. The summed E-state index contributed by atoms with van der Waals surface area (Å²) < 4.78 is 2.13. The molecule has 3 rings (SSSR count). The van der Waals surface area contributed by atoms with E-state index in [1.165, 1.54) is 0 Å². The van der Waals surface area contributed by atoms with Gasteiger partial charge >= 0.3 is 0 Å². The molecule has 1 atom stereocenters. The van der Waals surface area contributed by atoms with Crippen LogP contribution >= 0.6 is 0 Å². The third kappa shape index (κ3) is 2.63. The maximum Gasteiger partial charge on any atom is 0.0912 e. The number of nitrogens with two attached hydrogens (primary N) is 1. The second kappa shape index (κ2) is 5.91. The quantitative estimate of drug-likeness (QED) is 0.778. The Morgan fingerprint density at radius 3 is 2.77 bits per heavy atom. The average Bonchev–Trinajstić information content (AvgIpc) is 2.97. The summed E-state index contributed by atoms with van der Waals surface area (Å²) in [5.41, 5.74) is 11.8. The van der Waals surface area contributed by atoms with E-state index in [-0.39, 0.29) is 6.54 Å². The Morgan fingerprint density at radius 1 is 1.23 bits per heavy atom. The molecule has 0 aliphatic heterocycles. The lowest BCUT2D eigenvalue weighted by molar-refractivity contribution is 0.187. The van der Waals surface area contributed by atoms with Gasteiger partial charge in [0, 0.05) is 24.5 Å². The van der Waals surface area contributed by atoms with Gasteiger partial charge in [-0.15, -0.1) is 0 Å². The van der Waals surface area contributed by atoms with Crippen molar-refractivity contribution < 1.29 is 5.11 Å². The number of fused-ring (bicyclic) bond motifs is 1. The highest BCUT2D eigenvalue weighted by atomic mass is 16.3. The minimum absolute atomic E-state index is 0.226. The van der Waals surface area contributed by atoms with Gasteiger partial charge in [0.25, 0.3) is 0 Å². The lowest BCUT2D eigenvalue weighted by Gasteiger charge is -2.09. The van der Waals surface area contributed by atoms with Gasteiger partial charge in [0.05, 0.1) is 23.0 Å². The van der Waals surface area contributed by atoms with Crippen molar-refractivity contribution in [3.05, 3.63) is 59.7 Å². The molecule has 3 aromatic rings. The Morgan fingerprint density at radius 2 is 2.05 bits per heavy atom. The molecule has 3 N–H and O–H groups in total. The predicted octanol–water partition coefficient (Wildman–Crippen LogP) is 2.86. The van der Waals surface area contributed by atoms with Crippen molar-refractivity contribution in [1.29, 1.82) is 0 Å². The standard InChI is InChI=1S/C18H21N3O/c1-3-16-17-8-15(11-21(17)10-12(2)20-16)13-5-4-6-14(7-13)18(22)9-19/h4-8,10-11,18,22H,3,9,19H2,1-2H3/t18-/m1/s1. The van der Waals surface area contributed by atoms with Crippen LogP contribution < -0.4 is 5.73 Å². The molecule has 2 heterocycles. The van der Waals surface area contributed by atoms with Crippen LogP contribution in [0.15, 0.2) is 42.7 Å². The monoisotopic (exact) mass is 295 g/mol. The van der Waals surface area contributed by atoms with Crippen molar-refractivity contribution in [3.63, 3.8) is 0 Å². The van der Waals surface area contributed by atoms with Gasteiger partial charge < -0.3 is 15.2 Å². The molecule has 0 spiro atoms. The van der Waals surface area contributed by atoms with E-state index >= 15 is 0 Å². The van der Waals surface area contributed by atoms with Crippen molar-refractivity contribution in [2.75, 3.05) is 6.54 Å². The topological polar surface area (TPSA) is 63.5 Å². The largest absolute Gasteiger partial charge is 0.387 e. The smallest absolute Gasteiger partial charge is 0.0912 e. The third-order valence-corrected chi connectivity index (χ3v) is 3.94. The average molecular weight is 295 g/mol. The van der Waals surface area contributed by atoms with Crippen molar-refractivity contribution in [3.8, 4) is 11.1 Å². The van der Waals surface area contributed by atoms with Gasteiger partial charge in [-0.05, 0) is 36.6 Å². The summed E-state index contributed by atoms with van der Waals surface area (Å²) in [6.45, 7) is 4.35. The van der Waals surface area contributed by atoms with Crippen LogP contribution in [0.25, 0.3) is 16.6 Å². The number of aliphatic hydroxyl groups is 1. The van der Waals surface area contributed by atoms with E-state index in [0.717, 1.165) is 40.0 Å². The van der Waals surface area contributed by atoms with Gasteiger partial charge in [0.1, 0.15) is 0 Å². The molecule has 0 fully saturated rings. The third-order valence-electron chi connectivity index (χ3n) is 3.94. The zero-order valence-corrected chi connectivity index (χ0v) is 13.0. The Bertz CT molecular complexity index is 807. The maximum absolute atomic E-state index is 9.92. The van der Waals surface area contributed by atoms with E-state index in [0.29, 0.717) is 0 Å². The number of nitrogens with zero attached hydrogens (tertiary/aromatic N) is 2. The first-order valence-corrected chi connectivity index (χ1v) is 7.59. The molecule has 4 heteroatoms. The fourth-order valence-corrected chi connectivity index (χ4v) is 2.80. The molecular formula is C18H21N3O. The molecule has 4 nitrogen and oxygen atoms in total. The molecule has 2 aromatic heterocycles. The summed E-state index contributed by atoms with van der Waals surface area (Å²) in [5, 5.41) is 9.92. The fourth-order valence-electron chi connectivity index (χ4n) is 2.80. The SMILES string of the molecule is CCc1nc(C)cn2cc(-c3cccc([C@H](O)CN)c3)cc12. The van der Waals surface area contributed by atoms with E-state index in [2.05, 4.69) is 28.6 Å². The van der Waals surface area contributed by atoms with E-state index in [9.17, 15) is 5.11 Å². The molecule has 1 aromatic carbocycles. The molecule has 0 aliphatic rings. The van der Waals surface area contributed by atoms with Crippen LogP contribution in [0.4, 0.5) is 0 Å². The van der Waals surface area contributed by atoms with Gasteiger partial charge in [-0.25, -0.2) is 0 Å². The van der Waals surface area contributed by atoms with Gasteiger partial charge in [0.2, 0.25) is 0 Å².